The van der Waals surface area contributed by atoms with Gasteiger partial charge in [0.25, 0.3) is 0 Å². The molecule has 108 valence electrons. The smallest absolute Gasteiger partial charge is 0.310 e. The maximum Gasteiger partial charge on any atom is 0.310 e. The first-order valence-corrected chi connectivity index (χ1v) is 7.15. The van der Waals surface area contributed by atoms with E-state index in [0.717, 1.165) is 12.8 Å². The first-order chi connectivity index (χ1) is 9.22. The highest BCUT2D eigenvalue weighted by atomic mass is 16.2. The van der Waals surface area contributed by atoms with E-state index in [4.69, 9.17) is 5.26 Å². The van der Waals surface area contributed by atoms with Gasteiger partial charge in [-0.15, -0.1) is 0 Å². The van der Waals surface area contributed by atoms with Crippen molar-refractivity contribution in [3.05, 3.63) is 0 Å². The second-order valence-electron chi connectivity index (χ2n) is 4.57. The van der Waals surface area contributed by atoms with Gasteiger partial charge in [0.2, 0.25) is 0 Å². The Morgan fingerprint density at radius 3 is 2.00 bits per heavy atom. The largest absolute Gasteiger partial charge is 0.348 e. The fraction of sp³-hybridized carbons (Fsp3) is 0.786. The molecule has 0 aromatic carbocycles. The third-order valence-corrected chi connectivity index (χ3v) is 2.85. The molecule has 0 bridgehead atoms. The van der Waals surface area contributed by atoms with Gasteiger partial charge in [0, 0.05) is 6.54 Å². The SMILES string of the molecule is CCCCCCCCCCNC(=O)C(=O)NCC#N. The lowest BCUT2D eigenvalue weighted by Gasteiger charge is -2.04. The van der Waals surface area contributed by atoms with Gasteiger partial charge in [0.15, 0.2) is 0 Å². The molecule has 19 heavy (non-hydrogen) atoms. The molecular formula is C14H25N3O2. The van der Waals surface area contributed by atoms with E-state index in [0.29, 0.717) is 6.54 Å². The number of nitriles is 1. The zero-order valence-corrected chi connectivity index (χ0v) is 11.8. The van der Waals surface area contributed by atoms with Crippen LogP contribution in [0.5, 0.6) is 0 Å². The number of hydrogen-bond acceptors (Lipinski definition) is 3. The van der Waals surface area contributed by atoms with Crippen LogP contribution in [0.2, 0.25) is 0 Å². The Kier molecular flexibility index (Phi) is 11.8. The van der Waals surface area contributed by atoms with Crippen LogP contribution in [0.1, 0.15) is 58.3 Å². The van der Waals surface area contributed by atoms with Gasteiger partial charge in [-0.3, -0.25) is 9.59 Å². The molecule has 0 saturated carbocycles. The summed E-state index contributed by atoms with van der Waals surface area (Å²) in [5.41, 5.74) is 0. The van der Waals surface area contributed by atoms with Crippen LogP contribution in [0.15, 0.2) is 0 Å². The number of nitrogens with zero attached hydrogens (tertiary/aromatic N) is 1. The van der Waals surface area contributed by atoms with Crippen molar-refractivity contribution in [2.45, 2.75) is 58.3 Å². The van der Waals surface area contributed by atoms with Gasteiger partial charge in [0.1, 0.15) is 6.54 Å². The average molecular weight is 267 g/mol. The van der Waals surface area contributed by atoms with Gasteiger partial charge in [-0.1, -0.05) is 51.9 Å². The number of hydrogen-bond donors (Lipinski definition) is 2. The minimum absolute atomic E-state index is 0.135. The van der Waals surface area contributed by atoms with Gasteiger partial charge in [-0.25, -0.2) is 0 Å². The molecule has 0 spiro atoms. The summed E-state index contributed by atoms with van der Waals surface area (Å²) < 4.78 is 0. The lowest BCUT2D eigenvalue weighted by molar-refractivity contribution is -0.139. The lowest BCUT2D eigenvalue weighted by atomic mass is 10.1. The first-order valence-electron chi connectivity index (χ1n) is 7.15. The molecule has 5 nitrogen and oxygen atoms in total. The summed E-state index contributed by atoms with van der Waals surface area (Å²) >= 11 is 0. The summed E-state index contributed by atoms with van der Waals surface area (Å²) in [4.78, 5) is 22.3. The van der Waals surface area contributed by atoms with Crippen molar-refractivity contribution in [3.8, 4) is 6.07 Å². The van der Waals surface area contributed by atoms with Gasteiger partial charge >= 0.3 is 11.8 Å². The van der Waals surface area contributed by atoms with Crippen LogP contribution in [-0.4, -0.2) is 24.9 Å². The highest BCUT2D eigenvalue weighted by molar-refractivity contribution is 6.35. The zero-order chi connectivity index (χ0) is 14.3. The molecule has 0 rings (SSSR count). The number of rotatable bonds is 10. The molecule has 0 aliphatic carbocycles. The standard InChI is InChI=1S/C14H25N3O2/c1-2-3-4-5-6-7-8-9-11-16-13(18)14(19)17-12-10-15/h2-9,11-12H2,1H3,(H,16,18)(H,17,19). The summed E-state index contributed by atoms with van der Waals surface area (Å²) in [5, 5.41) is 13.0. The van der Waals surface area contributed by atoms with E-state index < -0.39 is 11.8 Å². The summed E-state index contributed by atoms with van der Waals surface area (Å²) in [7, 11) is 0. The first kappa shape index (κ1) is 17.4. The molecule has 0 aromatic rings. The van der Waals surface area contributed by atoms with Crippen molar-refractivity contribution >= 4 is 11.8 Å². The van der Waals surface area contributed by atoms with E-state index in [-0.39, 0.29) is 6.54 Å². The van der Waals surface area contributed by atoms with Crippen LogP contribution in [-0.2, 0) is 9.59 Å². The van der Waals surface area contributed by atoms with E-state index in [1.54, 1.807) is 6.07 Å². The van der Waals surface area contributed by atoms with Gasteiger partial charge in [-0.05, 0) is 6.42 Å². The number of nitrogens with one attached hydrogen (secondary N) is 2. The summed E-state index contributed by atoms with van der Waals surface area (Å²) in [6.45, 7) is 2.59. The van der Waals surface area contributed by atoms with Crippen molar-refractivity contribution in [1.29, 1.82) is 5.26 Å². The van der Waals surface area contributed by atoms with Crippen LogP contribution < -0.4 is 10.6 Å². The highest BCUT2D eigenvalue weighted by Crippen LogP contribution is 2.07. The topological polar surface area (TPSA) is 82.0 Å². The monoisotopic (exact) mass is 267 g/mol. The molecule has 0 saturated heterocycles. The molecule has 0 aliphatic rings. The second kappa shape index (κ2) is 12.9. The van der Waals surface area contributed by atoms with Crippen molar-refractivity contribution < 1.29 is 9.59 Å². The normalized spacial score (nSPS) is 9.68. The Bertz CT molecular complexity index is 298. The Morgan fingerprint density at radius 2 is 1.42 bits per heavy atom. The Labute approximate surface area is 115 Å². The van der Waals surface area contributed by atoms with E-state index in [9.17, 15) is 9.59 Å². The molecule has 0 heterocycles. The predicted octanol–water partition coefficient (Wildman–Crippen LogP) is 1.88. The number of carbonyl (C=O) groups excluding carboxylic acids is 2. The molecular weight excluding hydrogens is 242 g/mol. The predicted molar refractivity (Wildman–Crippen MR) is 74.2 cm³/mol. The third kappa shape index (κ3) is 11.3. The average Bonchev–Trinajstić information content (AvgIpc) is 2.42. The summed E-state index contributed by atoms with van der Waals surface area (Å²) in [6.07, 6.45) is 9.57. The Balaban J connectivity index is 3.32. The second-order valence-corrected chi connectivity index (χ2v) is 4.57. The maximum absolute atomic E-state index is 11.2. The molecule has 5 heteroatoms. The minimum atomic E-state index is -0.735. The lowest BCUT2D eigenvalue weighted by Crippen LogP contribution is -2.40. The van der Waals surface area contributed by atoms with Crippen molar-refractivity contribution in [2.24, 2.45) is 0 Å². The zero-order valence-electron chi connectivity index (χ0n) is 11.8. The molecule has 0 fully saturated rings. The highest BCUT2D eigenvalue weighted by Gasteiger charge is 2.10. The van der Waals surface area contributed by atoms with Gasteiger partial charge in [-0.2, -0.15) is 5.26 Å². The molecule has 2 amide bonds. The van der Waals surface area contributed by atoms with Crippen LogP contribution in [0.25, 0.3) is 0 Å². The number of unbranched alkanes of at least 4 members (excludes halogenated alkanes) is 7. The van der Waals surface area contributed by atoms with E-state index in [1.807, 2.05) is 0 Å². The van der Waals surface area contributed by atoms with Crippen molar-refractivity contribution in [2.75, 3.05) is 13.1 Å². The van der Waals surface area contributed by atoms with Gasteiger partial charge in [0.05, 0.1) is 6.07 Å². The molecule has 0 unspecified atom stereocenters. The van der Waals surface area contributed by atoms with Gasteiger partial charge < -0.3 is 10.6 Å². The third-order valence-electron chi connectivity index (χ3n) is 2.85. The van der Waals surface area contributed by atoms with E-state index in [1.165, 1.54) is 38.5 Å². The minimum Gasteiger partial charge on any atom is -0.348 e. The quantitative estimate of drug-likeness (QED) is 0.360. The van der Waals surface area contributed by atoms with Crippen molar-refractivity contribution in [1.82, 2.24) is 10.6 Å². The molecule has 0 atom stereocenters. The fourth-order valence-electron chi connectivity index (χ4n) is 1.74. The van der Waals surface area contributed by atoms with Crippen LogP contribution in [0.4, 0.5) is 0 Å². The van der Waals surface area contributed by atoms with Crippen LogP contribution >= 0.6 is 0 Å². The number of amides is 2. The summed E-state index contributed by atoms with van der Waals surface area (Å²) in [6, 6.07) is 1.75. The van der Waals surface area contributed by atoms with E-state index in [2.05, 4.69) is 17.6 Å². The number of carbonyl (C=O) groups is 2. The van der Waals surface area contributed by atoms with Crippen LogP contribution in [0, 0.1) is 11.3 Å². The molecule has 0 aromatic heterocycles. The maximum atomic E-state index is 11.2. The summed E-state index contributed by atoms with van der Waals surface area (Å²) in [5.74, 6) is -1.39. The molecule has 0 radical (unpaired) electrons. The van der Waals surface area contributed by atoms with Crippen LogP contribution in [0.3, 0.4) is 0 Å². The Hall–Kier alpha value is -1.57. The van der Waals surface area contributed by atoms with Crippen molar-refractivity contribution in [3.63, 3.8) is 0 Å². The van der Waals surface area contributed by atoms with E-state index >= 15 is 0 Å². The molecule has 0 aliphatic heterocycles. The molecule has 2 N–H and O–H groups in total. The Morgan fingerprint density at radius 1 is 0.895 bits per heavy atom. The fourth-order valence-corrected chi connectivity index (χ4v) is 1.74.